The molecule has 0 spiro atoms. The first kappa shape index (κ1) is 12.5. The number of hydrogen-bond donors (Lipinski definition) is 1. The van der Waals surface area contributed by atoms with Crippen LogP contribution in [0, 0.1) is 11.3 Å². The summed E-state index contributed by atoms with van der Waals surface area (Å²) in [5.41, 5.74) is 6.75. The Morgan fingerprint density at radius 3 is 2.94 bits per heavy atom. The number of ether oxygens (including phenoxy) is 1. The molecule has 1 aromatic rings. The topological polar surface area (TPSA) is 76.1 Å². The second-order valence-corrected chi connectivity index (χ2v) is 3.66. The van der Waals surface area contributed by atoms with E-state index < -0.39 is 12.0 Å². The normalized spacial score (nSPS) is 11.6. The zero-order valence-corrected chi connectivity index (χ0v) is 9.49. The Hall–Kier alpha value is -1.57. The number of halogens is 1. The zero-order chi connectivity index (χ0) is 12.1. The fourth-order valence-electron chi connectivity index (χ4n) is 1.27. The third kappa shape index (κ3) is 2.96. The average molecular weight is 239 g/mol. The average Bonchev–Trinajstić information content (AvgIpc) is 2.30. The summed E-state index contributed by atoms with van der Waals surface area (Å²) < 4.78 is 4.51. The van der Waals surface area contributed by atoms with Crippen LogP contribution in [0.4, 0.5) is 0 Å². The second kappa shape index (κ2) is 5.50. The lowest BCUT2D eigenvalue weighted by atomic mass is 10.0. The molecule has 5 heteroatoms. The van der Waals surface area contributed by atoms with Crippen molar-refractivity contribution < 1.29 is 9.53 Å². The molecule has 0 heterocycles. The number of rotatable bonds is 3. The van der Waals surface area contributed by atoms with Crippen molar-refractivity contribution in [1.29, 1.82) is 5.26 Å². The SMILES string of the molecule is COC(=O)[C@@H](N)Cc1cc(C#N)ccc1Cl. The van der Waals surface area contributed by atoms with E-state index in [0.29, 0.717) is 16.1 Å². The van der Waals surface area contributed by atoms with Crippen molar-refractivity contribution in [3.63, 3.8) is 0 Å². The molecule has 0 aromatic heterocycles. The molecule has 1 aromatic carbocycles. The summed E-state index contributed by atoms with van der Waals surface area (Å²) in [7, 11) is 1.27. The number of hydrogen-bond acceptors (Lipinski definition) is 4. The molecule has 4 nitrogen and oxygen atoms in total. The molecule has 0 unspecified atom stereocenters. The summed E-state index contributed by atoms with van der Waals surface area (Å²) in [5.74, 6) is -0.501. The number of methoxy groups -OCH3 is 1. The predicted octanol–water partition coefficient (Wildman–Crippen LogP) is 1.25. The molecule has 84 valence electrons. The van der Waals surface area contributed by atoms with Crippen LogP contribution in [0.3, 0.4) is 0 Å². The van der Waals surface area contributed by atoms with Gasteiger partial charge in [-0.25, -0.2) is 0 Å². The van der Waals surface area contributed by atoms with Crippen molar-refractivity contribution in [1.82, 2.24) is 0 Å². The summed E-state index contributed by atoms with van der Waals surface area (Å²) in [6.45, 7) is 0. The predicted molar refractivity (Wildman–Crippen MR) is 59.9 cm³/mol. The van der Waals surface area contributed by atoms with Crippen LogP contribution >= 0.6 is 11.6 Å². The van der Waals surface area contributed by atoms with E-state index in [9.17, 15) is 4.79 Å². The van der Waals surface area contributed by atoms with Gasteiger partial charge in [0, 0.05) is 5.02 Å². The molecule has 0 fully saturated rings. The summed E-state index contributed by atoms with van der Waals surface area (Å²) in [6.07, 6.45) is 0.251. The monoisotopic (exact) mass is 238 g/mol. The van der Waals surface area contributed by atoms with E-state index in [-0.39, 0.29) is 6.42 Å². The van der Waals surface area contributed by atoms with E-state index in [2.05, 4.69) is 4.74 Å². The van der Waals surface area contributed by atoms with Crippen molar-refractivity contribution in [3.8, 4) is 6.07 Å². The minimum Gasteiger partial charge on any atom is -0.468 e. The summed E-state index contributed by atoms with van der Waals surface area (Å²) in [4.78, 5) is 11.1. The Bertz CT molecular complexity index is 440. The van der Waals surface area contributed by atoms with Crippen LogP contribution in [0.15, 0.2) is 18.2 Å². The molecule has 0 saturated carbocycles. The van der Waals surface area contributed by atoms with Crippen LogP contribution in [-0.2, 0) is 16.0 Å². The Kier molecular flexibility index (Phi) is 4.29. The first-order valence-electron chi connectivity index (χ1n) is 4.60. The fraction of sp³-hybridized carbons (Fsp3) is 0.273. The maximum atomic E-state index is 11.1. The molecule has 0 saturated heterocycles. The molecule has 2 N–H and O–H groups in total. The van der Waals surface area contributed by atoms with Crippen LogP contribution < -0.4 is 5.73 Å². The third-order valence-corrected chi connectivity index (χ3v) is 2.49. The van der Waals surface area contributed by atoms with Gasteiger partial charge in [-0.15, -0.1) is 0 Å². The molecule has 0 bridgehead atoms. The molecule has 0 aliphatic heterocycles. The Balaban J connectivity index is 2.88. The van der Waals surface area contributed by atoms with Crippen LogP contribution in [0.5, 0.6) is 0 Å². The summed E-state index contributed by atoms with van der Waals surface area (Å²) in [5, 5.41) is 9.21. The van der Waals surface area contributed by atoms with Crippen LogP contribution in [-0.4, -0.2) is 19.1 Å². The van der Waals surface area contributed by atoms with Gasteiger partial charge >= 0.3 is 5.97 Å². The number of esters is 1. The van der Waals surface area contributed by atoms with Gasteiger partial charge in [0.15, 0.2) is 0 Å². The number of nitrogens with two attached hydrogens (primary N) is 1. The number of carbonyl (C=O) groups excluding carboxylic acids is 1. The van der Waals surface area contributed by atoms with Crippen molar-refractivity contribution in [2.45, 2.75) is 12.5 Å². The maximum absolute atomic E-state index is 11.1. The van der Waals surface area contributed by atoms with Gasteiger partial charge in [0.05, 0.1) is 18.7 Å². The van der Waals surface area contributed by atoms with E-state index in [1.54, 1.807) is 18.2 Å². The van der Waals surface area contributed by atoms with Crippen molar-refractivity contribution in [3.05, 3.63) is 34.3 Å². The quantitative estimate of drug-likeness (QED) is 0.805. The maximum Gasteiger partial charge on any atom is 0.322 e. The van der Waals surface area contributed by atoms with E-state index in [1.165, 1.54) is 7.11 Å². The molecule has 0 aliphatic carbocycles. The second-order valence-electron chi connectivity index (χ2n) is 3.25. The first-order chi connectivity index (χ1) is 7.58. The Labute approximate surface area is 98.6 Å². The minimum atomic E-state index is -0.767. The van der Waals surface area contributed by atoms with Crippen LogP contribution in [0.2, 0.25) is 5.02 Å². The lowest BCUT2D eigenvalue weighted by Crippen LogP contribution is -2.33. The van der Waals surface area contributed by atoms with Gasteiger partial charge in [0.2, 0.25) is 0 Å². The van der Waals surface area contributed by atoms with E-state index >= 15 is 0 Å². The minimum absolute atomic E-state index is 0.251. The van der Waals surface area contributed by atoms with Crippen molar-refractivity contribution >= 4 is 17.6 Å². The smallest absolute Gasteiger partial charge is 0.322 e. The van der Waals surface area contributed by atoms with Gasteiger partial charge in [-0.1, -0.05) is 11.6 Å². The van der Waals surface area contributed by atoms with Crippen molar-refractivity contribution in [2.75, 3.05) is 7.11 Å². The molecule has 0 radical (unpaired) electrons. The van der Waals surface area contributed by atoms with Crippen LogP contribution in [0.1, 0.15) is 11.1 Å². The summed E-state index contributed by atoms with van der Waals surface area (Å²) in [6, 6.07) is 6.06. The molecule has 0 aliphatic rings. The standard InChI is InChI=1S/C11H11ClN2O2/c1-16-11(15)10(14)5-8-4-7(6-13)2-3-9(8)12/h2-4,10H,5,14H2,1H3/t10-/m0/s1. The third-order valence-electron chi connectivity index (χ3n) is 2.12. The Morgan fingerprint density at radius 2 is 2.38 bits per heavy atom. The largest absolute Gasteiger partial charge is 0.468 e. The highest BCUT2D eigenvalue weighted by Crippen LogP contribution is 2.18. The van der Waals surface area contributed by atoms with E-state index in [1.807, 2.05) is 6.07 Å². The lowest BCUT2D eigenvalue weighted by Gasteiger charge is -2.10. The molecule has 16 heavy (non-hydrogen) atoms. The number of carbonyl (C=O) groups is 1. The van der Waals surface area contributed by atoms with E-state index in [4.69, 9.17) is 22.6 Å². The van der Waals surface area contributed by atoms with Crippen LogP contribution in [0.25, 0.3) is 0 Å². The van der Waals surface area contributed by atoms with Gasteiger partial charge in [0.25, 0.3) is 0 Å². The lowest BCUT2D eigenvalue weighted by molar-refractivity contribution is -0.142. The fourth-order valence-corrected chi connectivity index (χ4v) is 1.47. The highest BCUT2D eigenvalue weighted by molar-refractivity contribution is 6.31. The number of nitrogens with zero attached hydrogens (tertiary/aromatic N) is 1. The highest BCUT2D eigenvalue weighted by Gasteiger charge is 2.16. The van der Waals surface area contributed by atoms with Gasteiger partial charge in [-0.2, -0.15) is 5.26 Å². The first-order valence-corrected chi connectivity index (χ1v) is 4.98. The molecular weight excluding hydrogens is 228 g/mol. The molecule has 1 atom stereocenters. The molecule has 0 amide bonds. The molecule has 1 rings (SSSR count). The van der Waals surface area contributed by atoms with Gasteiger partial charge in [0.1, 0.15) is 6.04 Å². The van der Waals surface area contributed by atoms with Crippen molar-refractivity contribution in [2.24, 2.45) is 5.73 Å². The molecular formula is C11H11ClN2O2. The van der Waals surface area contributed by atoms with Gasteiger partial charge in [-0.05, 0) is 30.2 Å². The Morgan fingerprint density at radius 1 is 1.69 bits per heavy atom. The number of nitriles is 1. The van der Waals surface area contributed by atoms with Gasteiger partial charge in [-0.3, -0.25) is 4.79 Å². The zero-order valence-electron chi connectivity index (χ0n) is 8.74. The highest BCUT2D eigenvalue weighted by atomic mass is 35.5. The van der Waals surface area contributed by atoms with E-state index in [0.717, 1.165) is 0 Å². The van der Waals surface area contributed by atoms with Gasteiger partial charge < -0.3 is 10.5 Å². The number of benzene rings is 1. The summed E-state index contributed by atoms with van der Waals surface area (Å²) >= 11 is 5.93.